The maximum Gasteiger partial charge on any atom is 0.427 e. The largest absolute Gasteiger partial charge is 0.427 e. The van der Waals surface area contributed by atoms with Crippen LogP contribution in [0.3, 0.4) is 0 Å². The average Bonchev–Trinajstić information content (AvgIpc) is 3.27. The van der Waals surface area contributed by atoms with E-state index in [1.165, 1.54) is 11.4 Å². The van der Waals surface area contributed by atoms with Gasteiger partial charge in [-0.1, -0.05) is 0 Å². The van der Waals surface area contributed by atoms with Gasteiger partial charge in [-0.15, -0.1) is 11.3 Å². The number of nitrogens with two attached hydrogens (primary N) is 1. The Hall–Kier alpha value is -1.35. The van der Waals surface area contributed by atoms with Crippen molar-refractivity contribution in [1.82, 2.24) is 4.90 Å². The number of rotatable bonds is 3. The fourth-order valence-electron chi connectivity index (χ4n) is 5.06. The Bertz CT molecular complexity index is 694. The van der Waals surface area contributed by atoms with Gasteiger partial charge in [-0.25, -0.2) is 4.39 Å². The van der Waals surface area contributed by atoms with Gasteiger partial charge in [0.05, 0.1) is 11.7 Å². The topological polar surface area (TPSA) is 49.6 Å². The molecule has 9 heteroatoms. The third kappa shape index (κ3) is 2.98. The van der Waals surface area contributed by atoms with E-state index in [0.29, 0.717) is 24.4 Å². The number of likely N-dealkylation sites (tertiary alicyclic amines) is 1. The lowest BCUT2D eigenvalue weighted by molar-refractivity contribution is -0.134. The van der Waals surface area contributed by atoms with Gasteiger partial charge >= 0.3 is 6.18 Å². The first-order valence-corrected chi connectivity index (χ1v) is 9.72. The summed E-state index contributed by atoms with van der Waals surface area (Å²) in [7, 11) is 0. The number of hydrogen-bond donors (Lipinski definition) is 1. The summed E-state index contributed by atoms with van der Waals surface area (Å²) in [5.41, 5.74) is 5.69. The van der Waals surface area contributed by atoms with E-state index in [1.54, 1.807) is 0 Å². The van der Waals surface area contributed by atoms with Crippen molar-refractivity contribution in [1.29, 1.82) is 0 Å². The zero-order chi connectivity index (χ0) is 18.6. The summed E-state index contributed by atoms with van der Waals surface area (Å²) in [5, 5.41) is 1.47. The van der Waals surface area contributed by atoms with Crippen molar-refractivity contribution in [2.24, 2.45) is 17.6 Å². The number of primary amides is 1. The Balaban J connectivity index is 1.53. The third-order valence-electron chi connectivity index (χ3n) is 6.10. The second kappa shape index (κ2) is 6.37. The molecule has 3 aliphatic rings. The second-order valence-electron chi connectivity index (χ2n) is 7.55. The van der Waals surface area contributed by atoms with Gasteiger partial charge < -0.3 is 10.6 Å². The van der Waals surface area contributed by atoms with Gasteiger partial charge in [-0.05, 0) is 36.1 Å². The van der Waals surface area contributed by atoms with E-state index in [0.717, 1.165) is 12.8 Å². The number of carbonyl (C=O) groups excluding carboxylic acids is 1. The molecule has 1 saturated carbocycles. The SMILES string of the molecule is NC(=O)[C@@H]1C[C@H](F)CN1[C@H]1CC[C@@H]2CN(c3ccsc3C(F)(F)F)C[C@@H]21. The molecular weight excluding hydrogens is 370 g/mol. The molecule has 4 rings (SSSR count). The Labute approximate surface area is 152 Å². The number of hydrogen-bond acceptors (Lipinski definition) is 4. The Morgan fingerprint density at radius 1 is 1.23 bits per heavy atom. The molecule has 2 aliphatic heterocycles. The lowest BCUT2D eigenvalue weighted by atomic mass is 9.96. The van der Waals surface area contributed by atoms with Gasteiger partial charge in [0.15, 0.2) is 0 Å². The van der Waals surface area contributed by atoms with Gasteiger partial charge in [-0.2, -0.15) is 13.2 Å². The van der Waals surface area contributed by atoms with Gasteiger partial charge in [0, 0.05) is 32.1 Å². The highest BCUT2D eigenvalue weighted by atomic mass is 32.1. The number of amides is 1. The van der Waals surface area contributed by atoms with Crippen molar-refractivity contribution < 1.29 is 22.4 Å². The van der Waals surface area contributed by atoms with Crippen LogP contribution in [0.2, 0.25) is 0 Å². The van der Waals surface area contributed by atoms with Gasteiger partial charge in [0.1, 0.15) is 11.0 Å². The van der Waals surface area contributed by atoms with Crippen LogP contribution in [0.1, 0.15) is 24.1 Å². The Morgan fingerprint density at radius 3 is 2.69 bits per heavy atom. The summed E-state index contributed by atoms with van der Waals surface area (Å²) in [5.74, 6) is -0.100. The van der Waals surface area contributed by atoms with Crippen molar-refractivity contribution >= 4 is 22.9 Å². The smallest absolute Gasteiger partial charge is 0.370 e. The van der Waals surface area contributed by atoms with Crippen LogP contribution in [0.4, 0.5) is 23.2 Å². The van der Waals surface area contributed by atoms with Crippen LogP contribution in [0.5, 0.6) is 0 Å². The molecule has 1 aliphatic carbocycles. The molecule has 5 atom stereocenters. The molecule has 2 N–H and O–H groups in total. The highest BCUT2D eigenvalue weighted by Gasteiger charge is 2.50. The first kappa shape index (κ1) is 18.0. The van der Waals surface area contributed by atoms with Crippen molar-refractivity contribution in [2.45, 2.75) is 43.7 Å². The molecule has 0 aromatic carbocycles. The molecule has 26 heavy (non-hydrogen) atoms. The molecule has 2 saturated heterocycles. The maximum atomic E-state index is 13.9. The number of fused-ring (bicyclic) bond motifs is 1. The minimum absolute atomic E-state index is 0.0104. The molecule has 0 unspecified atom stereocenters. The maximum absolute atomic E-state index is 13.9. The number of carbonyl (C=O) groups is 1. The summed E-state index contributed by atoms with van der Waals surface area (Å²) in [4.78, 5) is 14.8. The van der Waals surface area contributed by atoms with Crippen molar-refractivity contribution in [3.8, 4) is 0 Å². The van der Waals surface area contributed by atoms with E-state index in [9.17, 15) is 22.4 Å². The number of halogens is 4. The highest BCUT2D eigenvalue weighted by molar-refractivity contribution is 7.10. The van der Waals surface area contributed by atoms with Crippen molar-refractivity contribution in [3.63, 3.8) is 0 Å². The molecule has 0 spiro atoms. The van der Waals surface area contributed by atoms with E-state index in [1.807, 2.05) is 9.80 Å². The average molecular weight is 391 g/mol. The van der Waals surface area contributed by atoms with Crippen LogP contribution >= 0.6 is 11.3 Å². The lowest BCUT2D eigenvalue weighted by Crippen LogP contribution is -2.48. The van der Waals surface area contributed by atoms with Gasteiger partial charge in [0.2, 0.25) is 5.91 Å². The predicted octanol–water partition coefficient (Wildman–Crippen LogP) is 2.88. The normalized spacial score (nSPS) is 35.2. The molecule has 3 fully saturated rings. The first-order valence-electron chi connectivity index (χ1n) is 8.84. The third-order valence-corrected chi connectivity index (χ3v) is 7.05. The van der Waals surface area contributed by atoms with E-state index in [-0.39, 0.29) is 36.5 Å². The highest BCUT2D eigenvalue weighted by Crippen LogP contribution is 2.47. The summed E-state index contributed by atoms with van der Waals surface area (Å²) in [6.07, 6.45) is -3.58. The van der Waals surface area contributed by atoms with Crippen molar-refractivity contribution in [3.05, 3.63) is 16.3 Å². The fourth-order valence-corrected chi connectivity index (χ4v) is 5.85. The van der Waals surface area contributed by atoms with E-state index in [4.69, 9.17) is 5.73 Å². The summed E-state index contributed by atoms with van der Waals surface area (Å²) in [6.45, 7) is 1.27. The van der Waals surface area contributed by atoms with Crippen LogP contribution in [-0.4, -0.2) is 48.7 Å². The first-order chi connectivity index (χ1) is 12.3. The molecule has 3 heterocycles. The number of thiophene rings is 1. The molecular formula is C17H21F4N3OS. The van der Waals surface area contributed by atoms with Crippen LogP contribution < -0.4 is 10.6 Å². The predicted molar refractivity (Wildman–Crippen MR) is 90.7 cm³/mol. The molecule has 144 valence electrons. The Morgan fingerprint density at radius 2 is 2.00 bits per heavy atom. The molecule has 0 radical (unpaired) electrons. The molecule has 1 aromatic heterocycles. The zero-order valence-corrected chi connectivity index (χ0v) is 14.9. The van der Waals surface area contributed by atoms with Crippen molar-refractivity contribution in [2.75, 3.05) is 24.5 Å². The molecule has 1 amide bonds. The summed E-state index contributed by atoms with van der Waals surface area (Å²) >= 11 is 0.714. The van der Waals surface area contributed by atoms with Crippen LogP contribution in [0, 0.1) is 11.8 Å². The summed E-state index contributed by atoms with van der Waals surface area (Å²) in [6, 6.07) is 0.939. The van der Waals surface area contributed by atoms with E-state index >= 15 is 0 Å². The number of anilines is 1. The number of nitrogens with zero attached hydrogens (tertiary/aromatic N) is 2. The minimum Gasteiger partial charge on any atom is -0.370 e. The fraction of sp³-hybridized carbons (Fsp3) is 0.706. The zero-order valence-electron chi connectivity index (χ0n) is 14.1. The number of alkyl halides is 4. The van der Waals surface area contributed by atoms with Gasteiger partial charge in [0.25, 0.3) is 0 Å². The monoisotopic (exact) mass is 391 g/mol. The van der Waals surface area contributed by atoms with E-state index in [2.05, 4.69) is 0 Å². The Kier molecular flexibility index (Phi) is 4.42. The van der Waals surface area contributed by atoms with Crippen LogP contribution in [0.15, 0.2) is 11.4 Å². The molecule has 4 nitrogen and oxygen atoms in total. The summed E-state index contributed by atoms with van der Waals surface area (Å²) < 4.78 is 53.5. The second-order valence-corrected chi connectivity index (χ2v) is 8.47. The van der Waals surface area contributed by atoms with E-state index < -0.39 is 29.2 Å². The molecule has 1 aromatic rings. The quantitative estimate of drug-likeness (QED) is 0.807. The standard InChI is InChI=1S/C17H21F4N3OS/c18-10-5-14(16(22)25)24(7-10)12-2-1-9-6-23(8-11(9)12)13-3-4-26-15(13)17(19,20)21/h3-4,9-12,14H,1-2,5-8H2,(H2,22,25)/t9-,10+,11+,12+,14+/m1/s1. The minimum atomic E-state index is -4.35. The molecule has 0 bridgehead atoms. The van der Waals surface area contributed by atoms with Crippen LogP contribution in [-0.2, 0) is 11.0 Å². The van der Waals surface area contributed by atoms with Crippen LogP contribution in [0.25, 0.3) is 0 Å². The lowest BCUT2D eigenvalue weighted by Gasteiger charge is -2.33. The van der Waals surface area contributed by atoms with Gasteiger partial charge in [-0.3, -0.25) is 9.69 Å².